The molecule has 0 bridgehead atoms. The summed E-state index contributed by atoms with van der Waals surface area (Å²) in [5, 5.41) is 7.74. The van der Waals surface area contributed by atoms with Crippen molar-refractivity contribution in [3.8, 4) is 0 Å². The van der Waals surface area contributed by atoms with Crippen molar-refractivity contribution in [1.82, 2.24) is 14.7 Å². The number of halogens is 1. The highest BCUT2D eigenvalue weighted by Gasteiger charge is 2.19. The van der Waals surface area contributed by atoms with Gasteiger partial charge < -0.3 is 10.2 Å². The molecule has 0 saturated carbocycles. The van der Waals surface area contributed by atoms with Crippen LogP contribution < -0.4 is 10.9 Å². The molecule has 1 fully saturated rings. The quantitative estimate of drug-likeness (QED) is 0.877. The van der Waals surface area contributed by atoms with Gasteiger partial charge in [-0.25, -0.2) is 4.68 Å². The van der Waals surface area contributed by atoms with E-state index < -0.39 is 0 Å². The molecule has 2 rings (SSSR count). The monoisotopic (exact) mass is 312 g/mol. The lowest BCUT2D eigenvalue weighted by Crippen LogP contribution is -2.41. The molecule has 0 spiro atoms. The van der Waals surface area contributed by atoms with Crippen molar-refractivity contribution in [1.29, 1.82) is 0 Å². The molecular formula is C15H25ClN4O. The summed E-state index contributed by atoms with van der Waals surface area (Å²) in [5.41, 5.74) is 0.445. The van der Waals surface area contributed by atoms with Gasteiger partial charge in [0.15, 0.2) is 0 Å². The second kappa shape index (κ2) is 7.80. The van der Waals surface area contributed by atoms with Crippen LogP contribution in [0.1, 0.15) is 39.0 Å². The fourth-order valence-electron chi connectivity index (χ4n) is 2.69. The zero-order valence-electron chi connectivity index (χ0n) is 12.9. The molecule has 6 heteroatoms. The van der Waals surface area contributed by atoms with Gasteiger partial charge in [0.1, 0.15) is 5.02 Å². The molecule has 21 heavy (non-hydrogen) atoms. The van der Waals surface area contributed by atoms with Crippen molar-refractivity contribution in [3.63, 3.8) is 0 Å². The van der Waals surface area contributed by atoms with Crippen molar-refractivity contribution >= 4 is 17.3 Å². The Morgan fingerprint density at radius 2 is 2.29 bits per heavy atom. The molecule has 1 atom stereocenters. The summed E-state index contributed by atoms with van der Waals surface area (Å²) in [7, 11) is 2.15. The first-order valence-electron chi connectivity index (χ1n) is 7.83. The summed E-state index contributed by atoms with van der Waals surface area (Å²) in [6.07, 6.45) is 7.34. The molecule has 1 unspecified atom stereocenters. The van der Waals surface area contributed by atoms with Crippen LogP contribution >= 0.6 is 11.6 Å². The minimum atomic E-state index is -0.202. The van der Waals surface area contributed by atoms with Crippen molar-refractivity contribution in [3.05, 3.63) is 21.6 Å². The maximum atomic E-state index is 12.1. The lowest BCUT2D eigenvalue weighted by atomic mass is 10.0. The third-order valence-electron chi connectivity index (χ3n) is 4.16. The molecule has 0 aromatic carbocycles. The van der Waals surface area contributed by atoms with E-state index in [2.05, 4.69) is 29.3 Å². The Hall–Kier alpha value is -1.07. The van der Waals surface area contributed by atoms with Gasteiger partial charge in [-0.1, -0.05) is 31.4 Å². The second-order valence-corrected chi connectivity index (χ2v) is 6.14. The fraction of sp³-hybridized carbons (Fsp3) is 0.733. The van der Waals surface area contributed by atoms with Crippen LogP contribution in [0.3, 0.4) is 0 Å². The molecule has 0 aliphatic carbocycles. The third kappa shape index (κ3) is 4.20. The largest absolute Gasteiger partial charge is 0.381 e. The molecule has 1 aromatic rings. The second-order valence-electron chi connectivity index (χ2n) is 5.77. The van der Waals surface area contributed by atoms with E-state index in [0.717, 1.165) is 25.9 Å². The van der Waals surface area contributed by atoms with E-state index >= 15 is 0 Å². The van der Waals surface area contributed by atoms with Crippen LogP contribution in [-0.4, -0.2) is 40.9 Å². The highest BCUT2D eigenvalue weighted by atomic mass is 35.5. The maximum absolute atomic E-state index is 12.1. The van der Waals surface area contributed by atoms with Crippen molar-refractivity contribution in [2.45, 2.75) is 51.6 Å². The summed E-state index contributed by atoms with van der Waals surface area (Å²) < 4.78 is 1.45. The van der Waals surface area contributed by atoms with Gasteiger partial charge in [0.2, 0.25) is 0 Å². The summed E-state index contributed by atoms with van der Waals surface area (Å²) >= 11 is 6.18. The molecule has 1 saturated heterocycles. The highest BCUT2D eigenvalue weighted by Crippen LogP contribution is 2.19. The first-order valence-corrected chi connectivity index (χ1v) is 8.21. The zero-order chi connectivity index (χ0) is 15.2. The molecule has 0 radical (unpaired) electrons. The average molecular weight is 313 g/mol. The fourth-order valence-corrected chi connectivity index (χ4v) is 2.90. The number of unbranched alkanes of at least 4 members (excludes halogenated alkanes) is 1. The number of hydrogen-bond acceptors (Lipinski definition) is 4. The number of aromatic nitrogens is 2. The Morgan fingerprint density at radius 3 is 3.00 bits per heavy atom. The topological polar surface area (TPSA) is 50.2 Å². The van der Waals surface area contributed by atoms with Crippen LogP contribution in [0, 0.1) is 0 Å². The lowest BCUT2D eigenvalue weighted by molar-refractivity contribution is 0.194. The molecule has 2 heterocycles. The summed E-state index contributed by atoms with van der Waals surface area (Å²) in [4.78, 5) is 14.5. The number of anilines is 1. The van der Waals surface area contributed by atoms with Gasteiger partial charge in [0.05, 0.1) is 11.9 Å². The molecule has 1 aliphatic heterocycles. The Bertz CT molecular complexity index is 517. The van der Waals surface area contributed by atoms with E-state index in [1.807, 2.05) is 0 Å². The number of nitrogens with zero attached hydrogens (tertiary/aromatic N) is 3. The number of nitrogens with one attached hydrogen (secondary N) is 1. The van der Waals surface area contributed by atoms with Crippen LogP contribution in [0.15, 0.2) is 11.0 Å². The van der Waals surface area contributed by atoms with Crippen LogP contribution in [0.2, 0.25) is 5.02 Å². The van der Waals surface area contributed by atoms with Crippen molar-refractivity contribution in [2.75, 3.05) is 25.5 Å². The van der Waals surface area contributed by atoms with Crippen molar-refractivity contribution < 1.29 is 0 Å². The van der Waals surface area contributed by atoms with Gasteiger partial charge in [-0.05, 0) is 32.9 Å². The van der Waals surface area contributed by atoms with Crippen LogP contribution in [0.5, 0.6) is 0 Å². The van der Waals surface area contributed by atoms with Gasteiger partial charge in [-0.2, -0.15) is 5.10 Å². The van der Waals surface area contributed by atoms with E-state index in [0.29, 0.717) is 18.3 Å². The number of hydrogen-bond donors (Lipinski definition) is 1. The Labute approximate surface area is 131 Å². The normalized spacial score (nSPS) is 19.7. The van der Waals surface area contributed by atoms with Crippen LogP contribution in [0.4, 0.5) is 5.69 Å². The van der Waals surface area contributed by atoms with E-state index in [9.17, 15) is 4.79 Å². The molecule has 0 amide bonds. The molecule has 118 valence electrons. The number of piperidine rings is 1. The predicted molar refractivity (Wildman–Crippen MR) is 87.2 cm³/mol. The minimum absolute atomic E-state index is 0.202. The van der Waals surface area contributed by atoms with E-state index in [1.165, 1.54) is 23.9 Å². The summed E-state index contributed by atoms with van der Waals surface area (Å²) in [6, 6.07) is 0.498. The molecule has 1 aliphatic rings. The first kappa shape index (κ1) is 16.3. The number of likely N-dealkylation sites (tertiary alicyclic amines) is 1. The van der Waals surface area contributed by atoms with Gasteiger partial charge in [-0.3, -0.25) is 4.79 Å². The molecule has 5 nitrogen and oxygen atoms in total. The Kier molecular flexibility index (Phi) is 6.06. The smallest absolute Gasteiger partial charge is 0.287 e. The van der Waals surface area contributed by atoms with Crippen LogP contribution in [0.25, 0.3) is 0 Å². The Morgan fingerprint density at radius 1 is 1.48 bits per heavy atom. The molecule has 1 aromatic heterocycles. The van der Waals surface area contributed by atoms with Crippen molar-refractivity contribution in [2.24, 2.45) is 0 Å². The number of likely N-dealkylation sites (N-methyl/N-ethyl adjacent to an activating group) is 1. The minimum Gasteiger partial charge on any atom is -0.381 e. The lowest BCUT2D eigenvalue weighted by Gasteiger charge is -2.32. The summed E-state index contributed by atoms with van der Waals surface area (Å²) in [6.45, 7) is 4.65. The summed E-state index contributed by atoms with van der Waals surface area (Å²) in [5.74, 6) is 0. The van der Waals surface area contributed by atoms with E-state index in [1.54, 1.807) is 6.20 Å². The molecule has 1 N–H and O–H groups in total. The van der Waals surface area contributed by atoms with Gasteiger partial charge >= 0.3 is 0 Å². The van der Waals surface area contributed by atoms with E-state index in [-0.39, 0.29) is 10.6 Å². The first-order chi connectivity index (χ1) is 10.1. The van der Waals surface area contributed by atoms with Crippen LogP contribution in [-0.2, 0) is 6.54 Å². The Balaban J connectivity index is 2.00. The zero-order valence-corrected chi connectivity index (χ0v) is 13.7. The molecular weight excluding hydrogens is 288 g/mol. The maximum Gasteiger partial charge on any atom is 0.287 e. The highest BCUT2D eigenvalue weighted by molar-refractivity contribution is 6.32. The standard InChI is InChI=1S/C15H25ClN4O/c1-3-4-9-20-15(21)14(16)13(11-18-20)17-10-12-7-5-6-8-19(12)2/h11-12,17H,3-10H2,1-2H3. The van der Waals surface area contributed by atoms with Gasteiger partial charge in [0, 0.05) is 19.1 Å². The predicted octanol–water partition coefficient (Wildman–Crippen LogP) is 2.59. The average Bonchev–Trinajstić information content (AvgIpc) is 2.49. The number of rotatable bonds is 6. The SMILES string of the molecule is CCCCn1ncc(NCC2CCCCN2C)c(Cl)c1=O. The van der Waals surface area contributed by atoms with Gasteiger partial charge in [-0.15, -0.1) is 0 Å². The van der Waals surface area contributed by atoms with Gasteiger partial charge in [0.25, 0.3) is 5.56 Å². The third-order valence-corrected chi connectivity index (χ3v) is 4.52. The van der Waals surface area contributed by atoms with E-state index in [4.69, 9.17) is 11.6 Å². The number of aryl methyl sites for hydroxylation is 1.